The fourth-order valence-corrected chi connectivity index (χ4v) is 2.67. The van der Waals surface area contributed by atoms with E-state index >= 15 is 0 Å². The smallest absolute Gasteiger partial charge is 0.315 e. The van der Waals surface area contributed by atoms with Gasteiger partial charge in [-0.1, -0.05) is 19.8 Å². The van der Waals surface area contributed by atoms with E-state index in [2.05, 4.69) is 17.6 Å². The summed E-state index contributed by atoms with van der Waals surface area (Å²) in [7, 11) is 0. The number of carboxylic acids is 1. The highest BCUT2D eigenvalue weighted by atomic mass is 16.4. The number of rotatable bonds is 4. The van der Waals surface area contributed by atoms with E-state index in [1.54, 1.807) is 0 Å². The van der Waals surface area contributed by atoms with Gasteiger partial charge in [0, 0.05) is 12.6 Å². The van der Waals surface area contributed by atoms with Crippen LogP contribution in [-0.2, 0) is 4.79 Å². The first-order valence-corrected chi connectivity index (χ1v) is 6.80. The highest BCUT2D eigenvalue weighted by Gasteiger charge is 2.50. The normalized spacial score (nSPS) is 29.4. The molecule has 0 heterocycles. The summed E-state index contributed by atoms with van der Waals surface area (Å²) in [5.74, 6) is -0.132. The van der Waals surface area contributed by atoms with Crippen molar-refractivity contribution in [3.63, 3.8) is 0 Å². The molecule has 5 nitrogen and oxygen atoms in total. The van der Waals surface area contributed by atoms with Gasteiger partial charge in [0.25, 0.3) is 0 Å². The standard InChI is InChI=1S/C13H22N2O3/c1-9-3-2-4-10(7-9)15-12(18)14-8-13(5-6-13)11(16)17/h9-10H,2-8H2,1H3,(H,16,17)(H2,14,15,18). The van der Waals surface area contributed by atoms with Gasteiger partial charge in [0.15, 0.2) is 0 Å². The Hall–Kier alpha value is -1.26. The molecule has 0 bridgehead atoms. The molecule has 5 heteroatoms. The Morgan fingerprint density at radius 1 is 1.33 bits per heavy atom. The van der Waals surface area contributed by atoms with Crippen LogP contribution in [0.15, 0.2) is 0 Å². The molecule has 2 saturated carbocycles. The van der Waals surface area contributed by atoms with Crippen LogP contribution in [0.2, 0.25) is 0 Å². The molecule has 0 aromatic heterocycles. The van der Waals surface area contributed by atoms with E-state index < -0.39 is 11.4 Å². The van der Waals surface area contributed by atoms with Crippen LogP contribution < -0.4 is 10.6 Å². The lowest BCUT2D eigenvalue weighted by Gasteiger charge is -2.27. The third-order valence-electron chi connectivity index (χ3n) is 4.17. The van der Waals surface area contributed by atoms with E-state index in [0.717, 1.165) is 19.3 Å². The first-order chi connectivity index (χ1) is 8.52. The Bertz CT molecular complexity index is 339. The average Bonchev–Trinajstić information content (AvgIpc) is 3.07. The van der Waals surface area contributed by atoms with Crippen molar-refractivity contribution in [3.8, 4) is 0 Å². The first-order valence-electron chi connectivity index (χ1n) is 6.80. The van der Waals surface area contributed by atoms with Crippen molar-refractivity contribution in [1.29, 1.82) is 0 Å². The predicted molar refractivity (Wildman–Crippen MR) is 67.3 cm³/mol. The Balaban J connectivity index is 1.70. The fourth-order valence-electron chi connectivity index (χ4n) is 2.67. The molecular formula is C13H22N2O3. The van der Waals surface area contributed by atoms with Gasteiger partial charge in [-0.15, -0.1) is 0 Å². The molecular weight excluding hydrogens is 232 g/mol. The minimum atomic E-state index is -0.797. The Morgan fingerprint density at radius 3 is 2.61 bits per heavy atom. The van der Waals surface area contributed by atoms with Gasteiger partial charge in [-0.25, -0.2) is 4.79 Å². The Labute approximate surface area is 107 Å². The number of urea groups is 1. The molecule has 0 aromatic rings. The van der Waals surface area contributed by atoms with E-state index in [4.69, 9.17) is 5.11 Å². The molecule has 3 N–H and O–H groups in total. The van der Waals surface area contributed by atoms with Gasteiger partial charge in [-0.2, -0.15) is 0 Å². The second-order valence-electron chi connectivity index (χ2n) is 5.88. The molecule has 2 rings (SSSR count). The van der Waals surface area contributed by atoms with Gasteiger partial charge in [0.2, 0.25) is 0 Å². The van der Waals surface area contributed by atoms with Crippen molar-refractivity contribution in [2.75, 3.05) is 6.54 Å². The maximum atomic E-state index is 11.7. The number of aliphatic carboxylic acids is 1. The van der Waals surface area contributed by atoms with Crippen LogP contribution in [0.1, 0.15) is 45.4 Å². The number of hydrogen-bond donors (Lipinski definition) is 3. The highest BCUT2D eigenvalue weighted by Crippen LogP contribution is 2.45. The number of hydrogen-bond acceptors (Lipinski definition) is 2. The number of carbonyl (C=O) groups excluding carboxylic acids is 1. The van der Waals surface area contributed by atoms with E-state index in [-0.39, 0.29) is 18.6 Å². The third kappa shape index (κ3) is 3.15. The van der Waals surface area contributed by atoms with E-state index in [1.807, 2.05) is 0 Å². The minimum absolute atomic E-state index is 0.221. The Morgan fingerprint density at radius 2 is 2.06 bits per heavy atom. The topological polar surface area (TPSA) is 78.4 Å². The fraction of sp³-hybridized carbons (Fsp3) is 0.846. The maximum Gasteiger partial charge on any atom is 0.315 e. The summed E-state index contributed by atoms with van der Waals surface area (Å²) in [5, 5.41) is 14.6. The molecule has 102 valence electrons. The van der Waals surface area contributed by atoms with E-state index in [0.29, 0.717) is 18.8 Å². The van der Waals surface area contributed by atoms with E-state index in [1.165, 1.54) is 6.42 Å². The largest absolute Gasteiger partial charge is 0.481 e. The summed E-state index contributed by atoms with van der Waals surface area (Å²) in [6.07, 6.45) is 5.79. The van der Waals surface area contributed by atoms with Crippen LogP contribution >= 0.6 is 0 Å². The van der Waals surface area contributed by atoms with Crippen LogP contribution in [0.5, 0.6) is 0 Å². The van der Waals surface area contributed by atoms with Gasteiger partial charge in [-0.05, 0) is 31.6 Å². The number of carbonyl (C=O) groups is 2. The van der Waals surface area contributed by atoms with Crippen molar-refractivity contribution in [1.82, 2.24) is 10.6 Å². The monoisotopic (exact) mass is 254 g/mol. The van der Waals surface area contributed by atoms with Crippen LogP contribution in [0.3, 0.4) is 0 Å². The summed E-state index contributed by atoms with van der Waals surface area (Å²) in [4.78, 5) is 22.7. The van der Waals surface area contributed by atoms with Gasteiger partial charge in [-0.3, -0.25) is 4.79 Å². The van der Waals surface area contributed by atoms with Gasteiger partial charge < -0.3 is 15.7 Å². The zero-order valence-corrected chi connectivity index (χ0v) is 10.9. The molecule has 2 amide bonds. The summed E-state index contributed by atoms with van der Waals surface area (Å²) in [6, 6.07) is 0.0235. The Kier molecular flexibility index (Phi) is 3.78. The molecule has 0 aromatic carbocycles. The second kappa shape index (κ2) is 5.16. The van der Waals surface area contributed by atoms with Crippen LogP contribution in [0.25, 0.3) is 0 Å². The zero-order valence-electron chi connectivity index (χ0n) is 10.9. The molecule has 2 aliphatic carbocycles. The van der Waals surface area contributed by atoms with Crippen molar-refractivity contribution < 1.29 is 14.7 Å². The molecule has 0 saturated heterocycles. The number of amides is 2. The molecule has 0 spiro atoms. The summed E-state index contributed by atoms with van der Waals surface area (Å²) in [5.41, 5.74) is -0.683. The van der Waals surface area contributed by atoms with Gasteiger partial charge in [0.1, 0.15) is 0 Å². The second-order valence-corrected chi connectivity index (χ2v) is 5.88. The number of carboxylic acid groups (broad SMARTS) is 1. The third-order valence-corrected chi connectivity index (χ3v) is 4.17. The first kappa shape index (κ1) is 13.2. The molecule has 2 aliphatic rings. The van der Waals surface area contributed by atoms with Crippen molar-refractivity contribution in [2.24, 2.45) is 11.3 Å². The summed E-state index contributed by atoms with van der Waals surface area (Å²) >= 11 is 0. The molecule has 0 radical (unpaired) electrons. The molecule has 2 unspecified atom stereocenters. The van der Waals surface area contributed by atoms with E-state index in [9.17, 15) is 9.59 Å². The van der Waals surface area contributed by atoms with Crippen LogP contribution in [0, 0.1) is 11.3 Å². The number of nitrogens with one attached hydrogen (secondary N) is 2. The van der Waals surface area contributed by atoms with Gasteiger partial charge >= 0.3 is 12.0 Å². The molecule has 2 fully saturated rings. The lowest BCUT2D eigenvalue weighted by molar-refractivity contribution is -0.143. The lowest BCUT2D eigenvalue weighted by atomic mass is 9.87. The van der Waals surface area contributed by atoms with Crippen molar-refractivity contribution >= 4 is 12.0 Å². The van der Waals surface area contributed by atoms with Gasteiger partial charge in [0.05, 0.1) is 5.41 Å². The summed E-state index contributed by atoms with van der Waals surface area (Å²) in [6.45, 7) is 2.45. The van der Waals surface area contributed by atoms with Crippen LogP contribution in [0.4, 0.5) is 4.79 Å². The zero-order chi connectivity index (χ0) is 13.2. The molecule has 18 heavy (non-hydrogen) atoms. The minimum Gasteiger partial charge on any atom is -0.481 e. The molecule has 0 aliphatic heterocycles. The predicted octanol–water partition coefficient (Wildman–Crippen LogP) is 1.73. The molecule has 2 atom stereocenters. The lowest BCUT2D eigenvalue weighted by Crippen LogP contribution is -2.46. The average molecular weight is 254 g/mol. The van der Waals surface area contributed by atoms with Crippen molar-refractivity contribution in [3.05, 3.63) is 0 Å². The summed E-state index contributed by atoms with van der Waals surface area (Å²) < 4.78 is 0. The van der Waals surface area contributed by atoms with Crippen LogP contribution in [-0.4, -0.2) is 29.7 Å². The maximum absolute atomic E-state index is 11.7. The quantitative estimate of drug-likeness (QED) is 0.715. The highest BCUT2D eigenvalue weighted by molar-refractivity contribution is 5.80. The SMILES string of the molecule is CC1CCCC(NC(=O)NCC2(C(=O)O)CC2)C1. The van der Waals surface area contributed by atoms with Crippen molar-refractivity contribution in [2.45, 2.75) is 51.5 Å².